The van der Waals surface area contributed by atoms with Gasteiger partial charge in [-0.15, -0.1) is 0 Å². The zero-order chi connectivity index (χ0) is 19.3. The van der Waals surface area contributed by atoms with Crippen molar-refractivity contribution >= 4 is 17.2 Å². The van der Waals surface area contributed by atoms with Crippen molar-refractivity contribution in [2.75, 3.05) is 5.32 Å². The molecule has 0 bridgehead atoms. The molecule has 2 aromatic carbocycles. The SMILES string of the molecule is NC1C(=O)C(c2ccccc2)Nc2c(F)cccc2[N+]1=O.[CH2-]CC(C)C.[Zn]. The van der Waals surface area contributed by atoms with Crippen LogP contribution in [0.1, 0.15) is 31.9 Å². The van der Waals surface area contributed by atoms with Gasteiger partial charge in [-0.1, -0.05) is 56.2 Å². The van der Waals surface area contributed by atoms with Crippen LogP contribution in [0.15, 0.2) is 48.5 Å². The molecule has 2 unspecified atom stereocenters. The van der Waals surface area contributed by atoms with Crippen LogP contribution >= 0.6 is 0 Å². The minimum absolute atomic E-state index is 0. The first-order valence-electron chi connectivity index (χ1n) is 8.51. The van der Waals surface area contributed by atoms with Crippen LogP contribution in [0.25, 0.3) is 0 Å². The third-order valence-electron chi connectivity index (χ3n) is 4.06. The van der Waals surface area contributed by atoms with E-state index in [4.69, 9.17) is 5.73 Å². The molecular formula is C20H24FN3O2Zn. The second-order valence-corrected chi connectivity index (χ2v) is 6.48. The molecule has 0 saturated carbocycles. The first-order valence-corrected chi connectivity index (χ1v) is 8.51. The van der Waals surface area contributed by atoms with Gasteiger partial charge in [0.1, 0.15) is 11.7 Å². The van der Waals surface area contributed by atoms with Crippen LogP contribution in [0.2, 0.25) is 0 Å². The number of benzene rings is 2. The molecule has 5 nitrogen and oxygen atoms in total. The van der Waals surface area contributed by atoms with Crippen molar-refractivity contribution < 1.29 is 33.4 Å². The van der Waals surface area contributed by atoms with E-state index in [0.717, 1.165) is 12.3 Å². The van der Waals surface area contributed by atoms with Crippen LogP contribution in [-0.4, -0.2) is 16.7 Å². The molecule has 3 N–H and O–H groups in total. The van der Waals surface area contributed by atoms with Gasteiger partial charge in [-0.2, -0.15) is 6.42 Å². The predicted molar refractivity (Wildman–Crippen MR) is 100 cm³/mol. The van der Waals surface area contributed by atoms with Crippen molar-refractivity contribution in [3.8, 4) is 0 Å². The molecule has 1 aliphatic heterocycles. The van der Waals surface area contributed by atoms with Crippen molar-refractivity contribution in [1.29, 1.82) is 0 Å². The zero-order valence-corrected chi connectivity index (χ0v) is 18.7. The van der Waals surface area contributed by atoms with E-state index in [0.29, 0.717) is 10.3 Å². The number of nitroso groups, excluding NO2 is 1. The number of carbonyl (C=O) groups excluding carboxylic acids is 1. The molecule has 2 atom stereocenters. The number of hydrogen-bond acceptors (Lipinski definition) is 4. The van der Waals surface area contributed by atoms with E-state index in [1.54, 1.807) is 30.3 Å². The van der Waals surface area contributed by atoms with Gasteiger partial charge in [-0.3, -0.25) is 10.5 Å². The number of halogens is 1. The summed E-state index contributed by atoms with van der Waals surface area (Å²) >= 11 is 0. The normalized spacial score (nSPS) is 18.4. The summed E-state index contributed by atoms with van der Waals surface area (Å²) < 4.78 is 14.3. The number of hydrogen-bond donors (Lipinski definition) is 2. The fraction of sp³-hybridized carbons (Fsp3) is 0.300. The first-order chi connectivity index (χ1) is 12.4. The Morgan fingerprint density at radius 2 is 1.78 bits per heavy atom. The Hall–Kier alpha value is -1.98. The molecule has 0 saturated heterocycles. The molecule has 7 heteroatoms. The monoisotopic (exact) mass is 421 g/mol. The van der Waals surface area contributed by atoms with Crippen LogP contribution in [0.4, 0.5) is 15.8 Å². The summed E-state index contributed by atoms with van der Waals surface area (Å²) in [4.78, 5) is 24.5. The van der Waals surface area contributed by atoms with Crippen molar-refractivity contribution in [2.45, 2.75) is 32.5 Å². The van der Waals surface area contributed by atoms with Crippen LogP contribution in [0.5, 0.6) is 0 Å². The smallest absolute Gasteiger partial charge is 0.320 e. The second-order valence-electron chi connectivity index (χ2n) is 6.48. The maximum absolute atomic E-state index is 14.0. The van der Waals surface area contributed by atoms with Gasteiger partial charge in [0.25, 0.3) is 5.69 Å². The molecule has 0 fully saturated rings. The summed E-state index contributed by atoms with van der Waals surface area (Å²) in [7, 11) is 0. The van der Waals surface area contributed by atoms with E-state index in [9.17, 15) is 14.1 Å². The van der Waals surface area contributed by atoms with Gasteiger partial charge in [0.05, 0.1) is 4.76 Å². The Morgan fingerprint density at radius 3 is 2.33 bits per heavy atom. The van der Waals surface area contributed by atoms with E-state index in [2.05, 4.69) is 26.1 Å². The molecular weight excluding hydrogens is 399 g/mol. The summed E-state index contributed by atoms with van der Waals surface area (Å²) in [6.07, 6.45) is -0.328. The van der Waals surface area contributed by atoms with Gasteiger partial charge in [-0.25, -0.2) is 4.39 Å². The van der Waals surface area contributed by atoms with Crippen LogP contribution in [-0.2, 0) is 24.3 Å². The van der Waals surface area contributed by atoms with Crippen LogP contribution in [0.3, 0.4) is 0 Å². The largest absolute Gasteiger partial charge is 0.363 e. The number of Topliss-reactive ketones (excluding diaryl/α,β-unsaturated/α-hetero) is 1. The maximum atomic E-state index is 14.0. The standard InChI is InChI=1S/C15H13FN3O2.C5H11.Zn/c16-10-7-4-8-11-13(10)18-12(9-5-2-1-3-6-9)14(20)15(17)19(11)21;1-4-5(2)3;/h1-8,12,15,18H,17H2;5H,1,4H2,2-3H3;/q+1;-1;. The molecule has 0 aliphatic carbocycles. The van der Waals surface area contributed by atoms with E-state index in [1.807, 2.05) is 0 Å². The summed E-state index contributed by atoms with van der Waals surface area (Å²) in [5.74, 6) is -0.335. The molecule has 0 radical (unpaired) electrons. The molecule has 3 rings (SSSR count). The number of ketones is 1. The van der Waals surface area contributed by atoms with E-state index in [1.165, 1.54) is 18.2 Å². The molecule has 1 heterocycles. The van der Waals surface area contributed by atoms with Gasteiger partial charge in [0, 0.05) is 30.5 Å². The summed E-state index contributed by atoms with van der Waals surface area (Å²) in [5, 5.41) is 2.81. The minimum atomic E-state index is -1.38. The minimum Gasteiger partial charge on any atom is -0.363 e. The van der Waals surface area contributed by atoms with E-state index < -0.39 is 23.8 Å². The number of fused-ring (bicyclic) bond motifs is 1. The third kappa shape index (κ3) is 5.50. The number of nitrogens with zero attached hydrogens (tertiary/aromatic N) is 1. The molecule has 1 aliphatic rings. The van der Waals surface area contributed by atoms with Crippen molar-refractivity contribution in [1.82, 2.24) is 0 Å². The predicted octanol–water partition coefficient (Wildman–Crippen LogP) is 4.12. The Balaban J connectivity index is 0.000000542. The molecule has 2 aromatic rings. The Kier molecular flexibility index (Phi) is 8.87. The number of anilines is 1. The fourth-order valence-electron chi connectivity index (χ4n) is 2.38. The number of rotatable bonds is 2. The molecule has 0 spiro atoms. The van der Waals surface area contributed by atoms with Crippen molar-refractivity contribution in [2.24, 2.45) is 11.7 Å². The van der Waals surface area contributed by atoms with Crippen molar-refractivity contribution in [3.05, 3.63) is 71.7 Å². The fourth-order valence-corrected chi connectivity index (χ4v) is 2.38. The first kappa shape index (κ1) is 23.1. The topological polar surface area (TPSA) is 75.2 Å². The van der Waals surface area contributed by atoms with Gasteiger partial charge < -0.3 is 12.2 Å². The Morgan fingerprint density at radius 1 is 1.19 bits per heavy atom. The average molecular weight is 423 g/mol. The maximum Gasteiger partial charge on any atom is 0.320 e. The van der Waals surface area contributed by atoms with Gasteiger partial charge in [0.2, 0.25) is 5.78 Å². The van der Waals surface area contributed by atoms with Crippen molar-refractivity contribution in [3.63, 3.8) is 0 Å². The molecule has 27 heavy (non-hydrogen) atoms. The summed E-state index contributed by atoms with van der Waals surface area (Å²) in [5.41, 5.74) is 6.35. The number of nitrogens with one attached hydrogen (secondary N) is 1. The second kappa shape index (κ2) is 10.4. The zero-order valence-electron chi connectivity index (χ0n) is 15.7. The third-order valence-corrected chi connectivity index (χ3v) is 4.06. The van der Waals surface area contributed by atoms with Gasteiger partial charge >= 0.3 is 6.17 Å². The summed E-state index contributed by atoms with van der Waals surface area (Å²) in [6, 6.07) is 12.0. The molecule has 0 aromatic heterocycles. The van der Waals surface area contributed by atoms with E-state index in [-0.39, 0.29) is 30.9 Å². The number of para-hydroxylation sites is 1. The molecule has 0 amide bonds. The van der Waals surface area contributed by atoms with Crippen LogP contribution in [0, 0.1) is 23.6 Å². The van der Waals surface area contributed by atoms with Gasteiger partial charge in [-0.05, 0) is 11.6 Å². The Labute approximate surface area is 171 Å². The molecule has 140 valence electrons. The number of carbonyl (C=O) groups is 1. The van der Waals surface area contributed by atoms with E-state index >= 15 is 0 Å². The summed E-state index contributed by atoms with van der Waals surface area (Å²) in [6.45, 7) is 8.00. The van der Waals surface area contributed by atoms with Crippen LogP contribution < -0.4 is 11.1 Å². The Bertz CT molecular complexity index is 784. The average Bonchev–Trinajstić information content (AvgIpc) is 2.74. The quantitative estimate of drug-likeness (QED) is 0.433. The number of nitrogens with two attached hydrogens (primary N) is 1. The van der Waals surface area contributed by atoms with Gasteiger partial charge in [0.15, 0.2) is 5.82 Å².